The monoisotopic (exact) mass is 218 g/mol. The highest BCUT2D eigenvalue weighted by Crippen LogP contribution is 2.39. The zero-order chi connectivity index (χ0) is 11.0. The average Bonchev–Trinajstić information content (AvgIpc) is 2.89. The van der Waals surface area contributed by atoms with Gasteiger partial charge in [0.15, 0.2) is 0 Å². The van der Waals surface area contributed by atoms with Crippen molar-refractivity contribution in [3.05, 3.63) is 12.4 Å². The molecular weight excluding hydrogens is 200 g/mol. The number of rotatable bonds is 2. The first-order valence-electron chi connectivity index (χ1n) is 6.11. The van der Waals surface area contributed by atoms with Crippen LogP contribution in [0.25, 0.3) is 0 Å². The van der Waals surface area contributed by atoms with Gasteiger partial charge in [-0.1, -0.05) is 6.42 Å². The fourth-order valence-electron chi connectivity index (χ4n) is 3.08. The van der Waals surface area contributed by atoms with E-state index in [2.05, 4.69) is 20.2 Å². The maximum Gasteiger partial charge on any atom is 0.134 e. The third-order valence-corrected chi connectivity index (χ3v) is 3.96. The molecule has 1 aliphatic heterocycles. The lowest BCUT2D eigenvalue weighted by Gasteiger charge is -2.18. The fraction of sp³-hybridized carbons (Fsp3) is 0.667. The minimum atomic E-state index is 0.905. The lowest BCUT2D eigenvalue weighted by Crippen LogP contribution is -2.22. The number of nitrogens with one attached hydrogen (secondary N) is 1. The largest absolute Gasteiger partial charge is 0.373 e. The molecule has 2 unspecified atom stereocenters. The molecule has 4 heteroatoms. The van der Waals surface area contributed by atoms with Gasteiger partial charge < -0.3 is 10.2 Å². The molecule has 3 rings (SSSR count). The Morgan fingerprint density at radius 3 is 2.69 bits per heavy atom. The van der Waals surface area contributed by atoms with E-state index in [-0.39, 0.29) is 0 Å². The summed E-state index contributed by atoms with van der Waals surface area (Å²) in [6, 6.07) is 2.04. The maximum atomic E-state index is 4.37. The normalized spacial score (nSPS) is 28.2. The highest BCUT2D eigenvalue weighted by atomic mass is 15.2. The molecule has 1 aromatic heterocycles. The summed E-state index contributed by atoms with van der Waals surface area (Å²) in [5.41, 5.74) is 0. The SMILES string of the molecule is CNc1cc(N2CC3CCCC3C2)ncn1. The zero-order valence-corrected chi connectivity index (χ0v) is 9.69. The molecular formula is C12H18N4. The molecule has 0 bridgehead atoms. The lowest BCUT2D eigenvalue weighted by atomic mass is 10.0. The topological polar surface area (TPSA) is 41.0 Å². The van der Waals surface area contributed by atoms with E-state index >= 15 is 0 Å². The van der Waals surface area contributed by atoms with Crippen LogP contribution in [-0.2, 0) is 0 Å². The van der Waals surface area contributed by atoms with Crippen molar-refractivity contribution < 1.29 is 0 Å². The van der Waals surface area contributed by atoms with E-state index in [1.807, 2.05) is 13.1 Å². The van der Waals surface area contributed by atoms with Crippen molar-refractivity contribution in [3.8, 4) is 0 Å². The Labute approximate surface area is 96.1 Å². The van der Waals surface area contributed by atoms with Crippen molar-refractivity contribution >= 4 is 11.6 Å². The molecule has 0 spiro atoms. The second-order valence-corrected chi connectivity index (χ2v) is 4.87. The summed E-state index contributed by atoms with van der Waals surface area (Å²) in [6.45, 7) is 2.37. The van der Waals surface area contributed by atoms with Gasteiger partial charge in [0, 0.05) is 26.2 Å². The first kappa shape index (κ1) is 9.87. The molecule has 0 radical (unpaired) electrons. The van der Waals surface area contributed by atoms with E-state index in [1.165, 1.54) is 32.4 Å². The smallest absolute Gasteiger partial charge is 0.134 e. The third kappa shape index (κ3) is 1.62. The molecule has 1 aliphatic carbocycles. The van der Waals surface area contributed by atoms with Crippen LogP contribution in [0.5, 0.6) is 0 Å². The van der Waals surface area contributed by atoms with Crippen LogP contribution in [0.1, 0.15) is 19.3 Å². The van der Waals surface area contributed by atoms with Crippen molar-refractivity contribution in [2.45, 2.75) is 19.3 Å². The zero-order valence-electron chi connectivity index (χ0n) is 9.69. The first-order valence-corrected chi connectivity index (χ1v) is 6.11. The van der Waals surface area contributed by atoms with Crippen LogP contribution in [0.3, 0.4) is 0 Å². The number of nitrogens with zero attached hydrogens (tertiary/aromatic N) is 3. The van der Waals surface area contributed by atoms with E-state index in [1.54, 1.807) is 6.33 Å². The summed E-state index contributed by atoms with van der Waals surface area (Å²) in [5, 5.41) is 3.06. The summed E-state index contributed by atoms with van der Waals surface area (Å²) in [4.78, 5) is 10.9. The van der Waals surface area contributed by atoms with Gasteiger partial charge in [0.1, 0.15) is 18.0 Å². The van der Waals surface area contributed by atoms with Crippen LogP contribution in [0.15, 0.2) is 12.4 Å². The van der Waals surface area contributed by atoms with E-state index in [4.69, 9.17) is 0 Å². The van der Waals surface area contributed by atoms with Gasteiger partial charge in [-0.3, -0.25) is 0 Å². The van der Waals surface area contributed by atoms with Crippen molar-refractivity contribution in [1.82, 2.24) is 9.97 Å². The van der Waals surface area contributed by atoms with Crippen molar-refractivity contribution in [1.29, 1.82) is 0 Å². The van der Waals surface area contributed by atoms with Gasteiger partial charge in [0.05, 0.1) is 0 Å². The van der Waals surface area contributed by atoms with E-state index in [9.17, 15) is 0 Å². The molecule has 0 amide bonds. The maximum absolute atomic E-state index is 4.37. The average molecular weight is 218 g/mol. The summed E-state index contributed by atoms with van der Waals surface area (Å²) in [5.74, 6) is 3.80. The molecule has 2 aliphatic rings. The molecule has 4 nitrogen and oxygen atoms in total. The second kappa shape index (κ2) is 3.92. The molecule has 16 heavy (non-hydrogen) atoms. The van der Waals surface area contributed by atoms with Gasteiger partial charge in [-0.25, -0.2) is 9.97 Å². The Kier molecular flexibility index (Phi) is 2.42. The summed E-state index contributed by atoms with van der Waals surface area (Å²) in [6.07, 6.45) is 5.89. The van der Waals surface area contributed by atoms with Gasteiger partial charge in [0.2, 0.25) is 0 Å². The Balaban J connectivity index is 1.78. The lowest BCUT2D eigenvalue weighted by molar-refractivity contribution is 0.494. The van der Waals surface area contributed by atoms with Crippen molar-refractivity contribution in [3.63, 3.8) is 0 Å². The molecule has 2 atom stereocenters. The number of fused-ring (bicyclic) bond motifs is 1. The summed E-state index contributed by atoms with van der Waals surface area (Å²) in [7, 11) is 1.89. The van der Waals surface area contributed by atoms with Crippen LogP contribution in [0, 0.1) is 11.8 Å². The molecule has 1 N–H and O–H groups in total. The predicted octanol–water partition coefficient (Wildman–Crippen LogP) is 1.75. The molecule has 0 aromatic carbocycles. The summed E-state index contributed by atoms with van der Waals surface area (Å²) >= 11 is 0. The Morgan fingerprint density at radius 2 is 2.00 bits per heavy atom. The van der Waals surface area contributed by atoms with Crippen LogP contribution < -0.4 is 10.2 Å². The molecule has 2 fully saturated rings. The van der Waals surface area contributed by atoms with Crippen LogP contribution in [0.4, 0.5) is 11.6 Å². The number of hydrogen-bond donors (Lipinski definition) is 1. The summed E-state index contributed by atoms with van der Waals surface area (Å²) < 4.78 is 0. The Hall–Kier alpha value is -1.32. The standard InChI is InChI=1S/C12H18N4/c1-13-11-5-12(15-8-14-11)16-6-9-3-2-4-10(9)7-16/h5,8-10H,2-4,6-7H2,1H3,(H,13,14,15). The Bertz CT molecular complexity index is 367. The number of aromatic nitrogens is 2. The van der Waals surface area contributed by atoms with Gasteiger partial charge in [0.25, 0.3) is 0 Å². The quantitative estimate of drug-likeness (QED) is 0.821. The highest BCUT2D eigenvalue weighted by molar-refractivity contribution is 5.49. The number of hydrogen-bond acceptors (Lipinski definition) is 4. The first-order chi connectivity index (χ1) is 7.86. The van der Waals surface area contributed by atoms with E-state index in [0.717, 1.165) is 23.5 Å². The van der Waals surface area contributed by atoms with Crippen LogP contribution in [-0.4, -0.2) is 30.1 Å². The van der Waals surface area contributed by atoms with Gasteiger partial charge in [-0.2, -0.15) is 0 Å². The molecule has 2 heterocycles. The molecule has 1 saturated carbocycles. The third-order valence-electron chi connectivity index (χ3n) is 3.96. The van der Waals surface area contributed by atoms with Gasteiger partial charge in [-0.05, 0) is 24.7 Å². The minimum Gasteiger partial charge on any atom is -0.373 e. The van der Waals surface area contributed by atoms with Crippen LogP contribution in [0.2, 0.25) is 0 Å². The van der Waals surface area contributed by atoms with E-state index < -0.39 is 0 Å². The van der Waals surface area contributed by atoms with Crippen LogP contribution >= 0.6 is 0 Å². The van der Waals surface area contributed by atoms with Gasteiger partial charge >= 0.3 is 0 Å². The fourth-order valence-corrected chi connectivity index (χ4v) is 3.08. The van der Waals surface area contributed by atoms with Crippen molar-refractivity contribution in [2.24, 2.45) is 11.8 Å². The van der Waals surface area contributed by atoms with Crippen molar-refractivity contribution in [2.75, 3.05) is 30.4 Å². The van der Waals surface area contributed by atoms with Gasteiger partial charge in [-0.15, -0.1) is 0 Å². The molecule has 1 saturated heterocycles. The molecule has 86 valence electrons. The number of anilines is 2. The second-order valence-electron chi connectivity index (χ2n) is 4.87. The minimum absolute atomic E-state index is 0.905. The predicted molar refractivity (Wildman–Crippen MR) is 64.6 cm³/mol. The highest BCUT2D eigenvalue weighted by Gasteiger charge is 2.36. The Morgan fingerprint density at radius 1 is 1.25 bits per heavy atom. The molecule has 1 aromatic rings. The van der Waals surface area contributed by atoms with E-state index in [0.29, 0.717) is 0 Å².